The van der Waals surface area contributed by atoms with Gasteiger partial charge in [-0.1, -0.05) is 0 Å². The van der Waals surface area contributed by atoms with E-state index in [1.807, 2.05) is 0 Å². The molecule has 0 saturated carbocycles. The van der Waals surface area contributed by atoms with Crippen LogP contribution in [0.15, 0.2) is 17.5 Å². The molecule has 0 bridgehead atoms. The largest absolute Gasteiger partial charge is 0.481 e. The normalized spacial score (nSPS) is 13.9. The molecule has 36 heavy (non-hydrogen) atoms. The number of nitrogens with zero attached hydrogens (tertiary/aromatic N) is 2. The fourth-order valence-corrected chi connectivity index (χ4v) is 3.13. The molecule has 12 N–H and O–H groups in total. The lowest BCUT2D eigenvalue weighted by molar-refractivity contribution is -0.143. The van der Waals surface area contributed by atoms with Crippen LogP contribution in [0.5, 0.6) is 0 Å². The Kier molecular flexibility index (Phi) is 12.7. The Morgan fingerprint density at radius 1 is 1.03 bits per heavy atom. The average Bonchev–Trinajstić information content (AvgIpc) is 3.31. The highest BCUT2D eigenvalue weighted by atomic mass is 32.1. The molecule has 0 radical (unpaired) electrons. The van der Waals surface area contributed by atoms with Crippen molar-refractivity contribution in [2.75, 3.05) is 12.3 Å². The summed E-state index contributed by atoms with van der Waals surface area (Å²) in [5.41, 5.74) is 16.6. The molecular formula is C19H31N9O7S. The smallest absolute Gasteiger partial charge is 0.326 e. The summed E-state index contributed by atoms with van der Waals surface area (Å²) in [5, 5.41) is 25.4. The van der Waals surface area contributed by atoms with Crippen LogP contribution in [-0.4, -0.2) is 92.3 Å². The van der Waals surface area contributed by atoms with Crippen LogP contribution in [0.4, 0.5) is 0 Å². The van der Waals surface area contributed by atoms with Gasteiger partial charge in [0.15, 0.2) is 5.96 Å². The number of aromatic amines is 1. The molecule has 4 atom stereocenters. The number of aromatic nitrogens is 2. The van der Waals surface area contributed by atoms with Crippen LogP contribution in [0.1, 0.15) is 25.0 Å². The zero-order valence-corrected chi connectivity index (χ0v) is 20.1. The van der Waals surface area contributed by atoms with E-state index in [9.17, 15) is 29.1 Å². The first kappa shape index (κ1) is 30.2. The van der Waals surface area contributed by atoms with Gasteiger partial charge in [-0.2, -0.15) is 12.6 Å². The minimum absolute atomic E-state index is 0.101. The molecule has 0 fully saturated rings. The number of carboxylic acid groups (broad SMARTS) is 2. The van der Waals surface area contributed by atoms with Crippen molar-refractivity contribution >= 4 is 48.2 Å². The van der Waals surface area contributed by atoms with Crippen LogP contribution < -0.4 is 33.2 Å². The highest BCUT2D eigenvalue weighted by Gasteiger charge is 2.31. The van der Waals surface area contributed by atoms with Gasteiger partial charge in [0, 0.05) is 30.6 Å². The second kappa shape index (κ2) is 15.2. The van der Waals surface area contributed by atoms with Crippen molar-refractivity contribution in [1.29, 1.82) is 0 Å². The third kappa shape index (κ3) is 11.0. The summed E-state index contributed by atoms with van der Waals surface area (Å²) in [4.78, 5) is 70.7. The molecule has 1 aromatic heterocycles. The van der Waals surface area contributed by atoms with Crippen molar-refractivity contribution in [1.82, 2.24) is 25.9 Å². The standard InChI is InChI=1S/C19H31N9O7S/c20-10(2-1-3-24-19(21)22)15(31)28-13(7-36)17(33)26-11(5-14(29)30)16(32)27-12(18(34)35)4-9-6-23-8-25-9/h6,8,10-13,36H,1-5,7,20H2,(H,23,25)(H,26,33)(H,27,32)(H,28,31)(H,29,30)(H,34,35)(H4,21,22,24). The lowest BCUT2D eigenvalue weighted by Crippen LogP contribution is -2.58. The van der Waals surface area contributed by atoms with E-state index in [1.54, 1.807) is 0 Å². The molecule has 1 rings (SSSR count). The van der Waals surface area contributed by atoms with Gasteiger partial charge in [-0.15, -0.1) is 0 Å². The summed E-state index contributed by atoms with van der Waals surface area (Å²) in [5.74, 6) is -5.74. The Morgan fingerprint density at radius 3 is 2.17 bits per heavy atom. The molecule has 4 unspecified atom stereocenters. The Balaban J connectivity index is 2.79. The number of nitrogens with two attached hydrogens (primary N) is 3. The van der Waals surface area contributed by atoms with Gasteiger partial charge in [0.1, 0.15) is 18.1 Å². The Hall–Kier alpha value is -3.86. The molecule has 0 aliphatic heterocycles. The highest BCUT2D eigenvalue weighted by Crippen LogP contribution is 2.03. The summed E-state index contributed by atoms with van der Waals surface area (Å²) in [6, 6.07) is -5.31. The number of aliphatic imine (C=N–C) groups is 1. The van der Waals surface area contributed by atoms with Gasteiger partial charge >= 0.3 is 11.9 Å². The van der Waals surface area contributed by atoms with E-state index in [-0.39, 0.29) is 31.1 Å². The second-order valence-electron chi connectivity index (χ2n) is 7.64. The van der Waals surface area contributed by atoms with Crippen LogP contribution in [0, 0.1) is 0 Å². The van der Waals surface area contributed by atoms with E-state index < -0.39 is 60.2 Å². The van der Waals surface area contributed by atoms with Crippen molar-refractivity contribution in [2.45, 2.75) is 49.9 Å². The SMILES string of the molecule is NC(N)=NCCCC(N)C(=O)NC(CS)C(=O)NC(CC(=O)O)C(=O)NC(Cc1cnc[nH]1)C(=O)O. The maximum Gasteiger partial charge on any atom is 0.326 e. The Bertz CT molecular complexity index is 938. The van der Waals surface area contributed by atoms with Crippen LogP contribution in [0.25, 0.3) is 0 Å². The third-order valence-corrected chi connectivity index (χ3v) is 5.09. The molecule has 200 valence electrons. The van der Waals surface area contributed by atoms with Crippen molar-refractivity contribution in [2.24, 2.45) is 22.2 Å². The second-order valence-corrected chi connectivity index (χ2v) is 8.00. The number of carbonyl (C=O) groups excluding carboxylic acids is 3. The van der Waals surface area contributed by atoms with E-state index in [4.69, 9.17) is 22.3 Å². The molecule has 16 nitrogen and oxygen atoms in total. The first-order valence-corrected chi connectivity index (χ1v) is 11.3. The monoisotopic (exact) mass is 529 g/mol. The van der Waals surface area contributed by atoms with E-state index in [0.29, 0.717) is 12.1 Å². The molecule has 0 aromatic carbocycles. The lowest BCUT2D eigenvalue weighted by Gasteiger charge is -2.23. The summed E-state index contributed by atoms with van der Waals surface area (Å²) in [7, 11) is 0. The van der Waals surface area contributed by atoms with Gasteiger partial charge in [0.05, 0.1) is 18.8 Å². The van der Waals surface area contributed by atoms with E-state index in [2.05, 4.69) is 43.5 Å². The average molecular weight is 530 g/mol. The molecule has 1 aromatic rings. The topological polar surface area (TPSA) is 281 Å². The number of thiol groups is 1. The Labute approximate surface area is 211 Å². The fourth-order valence-electron chi connectivity index (χ4n) is 2.87. The molecule has 3 amide bonds. The highest BCUT2D eigenvalue weighted by molar-refractivity contribution is 7.80. The van der Waals surface area contributed by atoms with Crippen molar-refractivity contribution in [3.63, 3.8) is 0 Å². The number of amides is 3. The van der Waals surface area contributed by atoms with Crippen molar-refractivity contribution in [3.8, 4) is 0 Å². The third-order valence-electron chi connectivity index (χ3n) is 4.73. The first-order valence-electron chi connectivity index (χ1n) is 10.7. The molecule has 0 saturated heterocycles. The summed E-state index contributed by atoms with van der Waals surface area (Å²) < 4.78 is 0. The number of guanidine groups is 1. The maximum atomic E-state index is 12.7. The maximum absolute atomic E-state index is 12.7. The van der Waals surface area contributed by atoms with E-state index >= 15 is 0 Å². The van der Waals surface area contributed by atoms with Crippen molar-refractivity contribution < 1.29 is 34.2 Å². The summed E-state index contributed by atoms with van der Waals surface area (Å²) in [6.45, 7) is 0.253. The van der Waals surface area contributed by atoms with Crippen LogP contribution in [-0.2, 0) is 30.4 Å². The molecule has 1 heterocycles. The lowest BCUT2D eigenvalue weighted by atomic mass is 10.1. The molecule has 17 heteroatoms. The van der Waals surface area contributed by atoms with E-state index in [1.165, 1.54) is 12.5 Å². The number of carbonyl (C=O) groups is 5. The summed E-state index contributed by atoms with van der Waals surface area (Å²) in [6.07, 6.45) is 2.29. The summed E-state index contributed by atoms with van der Waals surface area (Å²) >= 11 is 4.02. The predicted octanol–water partition coefficient (Wildman–Crippen LogP) is -3.72. The number of carboxylic acids is 2. The number of imidazole rings is 1. The number of rotatable bonds is 16. The van der Waals surface area contributed by atoms with Gasteiger partial charge in [-0.25, -0.2) is 9.78 Å². The minimum atomic E-state index is -1.63. The van der Waals surface area contributed by atoms with Crippen LogP contribution in [0.2, 0.25) is 0 Å². The molecule has 0 aliphatic rings. The van der Waals surface area contributed by atoms with Crippen LogP contribution >= 0.6 is 12.6 Å². The number of hydrogen-bond donors (Lipinski definition) is 10. The fraction of sp³-hybridized carbons (Fsp3) is 0.526. The van der Waals surface area contributed by atoms with Gasteiger partial charge in [-0.05, 0) is 12.8 Å². The zero-order valence-electron chi connectivity index (χ0n) is 19.2. The first-order chi connectivity index (χ1) is 16.9. The predicted molar refractivity (Wildman–Crippen MR) is 130 cm³/mol. The van der Waals surface area contributed by atoms with Gasteiger partial charge in [0.25, 0.3) is 0 Å². The van der Waals surface area contributed by atoms with Crippen LogP contribution in [0.3, 0.4) is 0 Å². The number of hydrogen-bond acceptors (Lipinski definition) is 9. The number of H-pyrrole nitrogens is 1. The number of nitrogens with one attached hydrogen (secondary N) is 4. The quantitative estimate of drug-likeness (QED) is 0.0430. The van der Waals surface area contributed by atoms with Crippen molar-refractivity contribution in [3.05, 3.63) is 18.2 Å². The Morgan fingerprint density at radius 2 is 1.64 bits per heavy atom. The van der Waals surface area contributed by atoms with Gasteiger partial charge < -0.3 is 48.3 Å². The number of aliphatic carboxylic acids is 2. The zero-order chi connectivity index (χ0) is 27.3. The van der Waals surface area contributed by atoms with Gasteiger partial charge in [-0.3, -0.25) is 24.2 Å². The van der Waals surface area contributed by atoms with E-state index in [0.717, 1.165) is 0 Å². The van der Waals surface area contributed by atoms with Gasteiger partial charge in [0.2, 0.25) is 17.7 Å². The molecule has 0 spiro atoms. The molecule has 0 aliphatic carbocycles. The minimum Gasteiger partial charge on any atom is -0.481 e. The molecular weight excluding hydrogens is 498 g/mol.